The Labute approximate surface area is 195 Å². The van der Waals surface area contributed by atoms with Crippen LogP contribution >= 0.6 is 11.6 Å². The molecule has 6 nitrogen and oxygen atoms in total. The van der Waals surface area contributed by atoms with Crippen molar-refractivity contribution in [1.29, 1.82) is 0 Å². The van der Waals surface area contributed by atoms with E-state index in [1.54, 1.807) is 6.20 Å². The lowest BCUT2D eigenvalue weighted by molar-refractivity contribution is -0.0366. The van der Waals surface area contributed by atoms with Crippen molar-refractivity contribution in [3.05, 3.63) is 53.5 Å². The number of nitrogens with zero attached hydrogens (tertiary/aromatic N) is 4. The summed E-state index contributed by atoms with van der Waals surface area (Å²) in [6, 6.07) is 5.65. The van der Waals surface area contributed by atoms with Gasteiger partial charge in [-0.25, -0.2) is 14.1 Å². The van der Waals surface area contributed by atoms with Crippen molar-refractivity contribution in [2.24, 2.45) is 0 Å². The van der Waals surface area contributed by atoms with Gasteiger partial charge in [0.25, 0.3) is 0 Å². The number of hydrogen-bond donors (Lipinski definition) is 0. The highest BCUT2D eigenvalue weighted by Crippen LogP contribution is 2.42. The van der Waals surface area contributed by atoms with E-state index in [0.29, 0.717) is 23.9 Å². The summed E-state index contributed by atoms with van der Waals surface area (Å²) < 4.78 is 27.7. The molecule has 2 aliphatic rings. The number of fused-ring (bicyclic) bond motifs is 2. The summed E-state index contributed by atoms with van der Waals surface area (Å²) in [5.41, 5.74) is 3.43. The fraction of sp³-hybridized carbons (Fsp3) is 0.400. The molecule has 1 unspecified atom stereocenters. The SMILES string of the molecule is Fc1cncc(-c2c(C3CCOCC3)nc(Cl)c3cc4c(cnn4C4CCCCO4)cc23)c1. The molecule has 33 heavy (non-hydrogen) atoms. The third-order valence-corrected chi connectivity index (χ3v) is 7.02. The van der Waals surface area contributed by atoms with Crippen molar-refractivity contribution in [3.63, 3.8) is 0 Å². The van der Waals surface area contributed by atoms with Gasteiger partial charge in [-0.3, -0.25) is 4.98 Å². The van der Waals surface area contributed by atoms with Crippen LogP contribution < -0.4 is 0 Å². The van der Waals surface area contributed by atoms with Gasteiger partial charge in [-0.2, -0.15) is 5.10 Å². The summed E-state index contributed by atoms with van der Waals surface area (Å²) in [6.07, 6.45) is 9.53. The zero-order valence-electron chi connectivity index (χ0n) is 18.1. The predicted octanol–water partition coefficient (Wildman–Crippen LogP) is 6.03. The summed E-state index contributed by atoms with van der Waals surface area (Å²) in [7, 11) is 0. The third kappa shape index (κ3) is 3.78. The molecule has 6 rings (SSSR count). The van der Waals surface area contributed by atoms with Crippen molar-refractivity contribution >= 4 is 33.3 Å². The zero-order chi connectivity index (χ0) is 22.4. The van der Waals surface area contributed by atoms with Gasteiger partial charge in [-0.05, 0) is 55.7 Å². The van der Waals surface area contributed by atoms with Gasteiger partial charge in [0.05, 0.1) is 23.6 Å². The highest BCUT2D eigenvalue weighted by molar-refractivity contribution is 6.35. The molecule has 8 heteroatoms. The smallest absolute Gasteiger partial charge is 0.150 e. The van der Waals surface area contributed by atoms with Crippen LogP contribution in [0.4, 0.5) is 4.39 Å². The van der Waals surface area contributed by atoms with E-state index >= 15 is 0 Å². The van der Waals surface area contributed by atoms with Crippen molar-refractivity contribution in [3.8, 4) is 11.1 Å². The molecule has 5 heterocycles. The highest BCUT2D eigenvalue weighted by Gasteiger charge is 2.26. The number of rotatable bonds is 3. The second kappa shape index (κ2) is 8.63. The molecule has 2 saturated heterocycles. The van der Waals surface area contributed by atoms with Crippen molar-refractivity contribution < 1.29 is 13.9 Å². The molecule has 0 N–H and O–H groups in total. The van der Waals surface area contributed by atoms with Crippen LogP contribution in [0.3, 0.4) is 0 Å². The van der Waals surface area contributed by atoms with Crippen LogP contribution in [0.25, 0.3) is 32.8 Å². The van der Waals surface area contributed by atoms with Gasteiger partial charge in [0.2, 0.25) is 0 Å². The van der Waals surface area contributed by atoms with E-state index in [4.69, 9.17) is 26.1 Å². The van der Waals surface area contributed by atoms with Gasteiger partial charge in [0, 0.05) is 53.8 Å². The van der Waals surface area contributed by atoms with Crippen molar-refractivity contribution in [1.82, 2.24) is 19.7 Å². The number of halogens is 2. The first-order chi connectivity index (χ1) is 16.2. The summed E-state index contributed by atoms with van der Waals surface area (Å²) >= 11 is 6.78. The average molecular weight is 467 g/mol. The average Bonchev–Trinajstić information content (AvgIpc) is 3.27. The molecule has 1 atom stereocenters. The van der Waals surface area contributed by atoms with E-state index in [2.05, 4.69) is 16.1 Å². The molecule has 3 aromatic heterocycles. The van der Waals surface area contributed by atoms with Gasteiger partial charge in [-0.15, -0.1) is 0 Å². The fourth-order valence-electron chi connectivity index (χ4n) is 5.10. The third-order valence-electron chi connectivity index (χ3n) is 6.73. The summed E-state index contributed by atoms with van der Waals surface area (Å²) in [6.45, 7) is 2.10. The maximum atomic E-state index is 14.2. The second-order valence-corrected chi connectivity index (χ2v) is 9.17. The minimum atomic E-state index is -0.378. The van der Waals surface area contributed by atoms with Crippen molar-refractivity contribution in [2.45, 2.75) is 44.2 Å². The van der Waals surface area contributed by atoms with Crippen LogP contribution in [0.5, 0.6) is 0 Å². The Kier molecular flexibility index (Phi) is 5.48. The molecule has 0 aliphatic carbocycles. The quantitative estimate of drug-likeness (QED) is 0.345. The van der Waals surface area contributed by atoms with Crippen LogP contribution in [0.1, 0.15) is 49.9 Å². The lowest BCUT2D eigenvalue weighted by atomic mass is 9.87. The second-order valence-electron chi connectivity index (χ2n) is 8.81. The van der Waals surface area contributed by atoms with Crippen LogP contribution in [0.2, 0.25) is 5.15 Å². The predicted molar refractivity (Wildman–Crippen MR) is 125 cm³/mol. The number of pyridine rings is 2. The minimum absolute atomic E-state index is 0.0752. The number of ether oxygens (including phenoxy) is 2. The Morgan fingerprint density at radius 2 is 1.85 bits per heavy atom. The van der Waals surface area contributed by atoms with Gasteiger partial charge in [-0.1, -0.05) is 11.6 Å². The topological polar surface area (TPSA) is 62.1 Å². The Balaban J connectivity index is 1.60. The van der Waals surface area contributed by atoms with E-state index in [1.807, 2.05) is 16.9 Å². The molecule has 0 amide bonds. The minimum Gasteiger partial charge on any atom is -0.381 e. The highest BCUT2D eigenvalue weighted by atomic mass is 35.5. The molecular weight excluding hydrogens is 443 g/mol. The maximum absolute atomic E-state index is 14.2. The first-order valence-corrected chi connectivity index (χ1v) is 11.9. The summed E-state index contributed by atoms with van der Waals surface area (Å²) in [5, 5.41) is 7.82. The van der Waals surface area contributed by atoms with Gasteiger partial charge < -0.3 is 9.47 Å². The number of aromatic nitrogens is 4. The molecule has 0 bridgehead atoms. The monoisotopic (exact) mass is 466 g/mol. The first kappa shape index (κ1) is 21.0. The molecule has 0 radical (unpaired) electrons. The summed E-state index contributed by atoms with van der Waals surface area (Å²) in [4.78, 5) is 8.97. The number of benzene rings is 1. The Morgan fingerprint density at radius 3 is 2.64 bits per heavy atom. The van der Waals surface area contributed by atoms with Gasteiger partial charge in [0.1, 0.15) is 11.0 Å². The number of hydrogen-bond acceptors (Lipinski definition) is 5. The molecule has 2 fully saturated rings. The standard InChI is InChI=1S/C25H24ClFN4O2/c26-25-20-11-21-16(13-29-31(21)22-3-1-2-6-33-22)10-19(20)23(17-9-18(27)14-28-12-17)24(30-25)15-4-7-32-8-5-15/h9-15,22H,1-8H2. The molecule has 4 aromatic rings. The molecular formula is C25H24ClFN4O2. The Bertz CT molecular complexity index is 1330. The van der Waals surface area contributed by atoms with E-state index in [9.17, 15) is 4.39 Å². The van der Waals surface area contributed by atoms with E-state index in [-0.39, 0.29) is 18.0 Å². The maximum Gasteiger partial charge on any atom is 0.150 e. The van der Waals surface area contributed by atoms with Gasteiger partial charge in [0.15, 0.2) is 6.23 Å². The first-order valence-electron chi connectivity index (χ1n) is 11.5. The van der Waals surface area contributed by atoms with E-state index < -0.39 is 0 Å². The van der Waals surface area contributed by atoms with Crippen LogP contribution in [-0.4, -0.2) is 39.6 Å². The lowest BCUT2D eigenvalue weighted by Crippen LogP contribution is -2.19. The molecule has 1 aromatic carbocycles. The Morgan fingerprint density at radius 1 is 0.970 bits per heavy atom. The van der Waals surface area contributed by atoms with E-state index in [1.165, 1.54) is 12.3 Å². The largest absolute Gasteiger partial charge is 0.381 e. The molecule has 2 aliphatic heterocycles. The summed E-state index contributed by atoms with van der Waals surface area (Å²) in [5.74, 6) is -0.190. The van der Waals surface area contributed by atoms with Gasteiger partial charge >= 0.3 is 0 Å². The normalized spacial score (nSPS) is 20.0. The van der Waals surface area contributed by atoms with Crippen LogP contribution in [0.15, 0.2) is 36.8 Å². The molecule has 170 valence electrons. The Hall–Kier alpha value is -2.61. The van der Waals surface area contributed by atoms with Crippen molar-refractivity contribution in [2.75, 3.05) is 19.8 Å². The van der Waals surface area contributed by atoms with Crippen LogP contribution in [-0.2, 0) is 9.47 Å². The molecule has 0 saturated carbocycles. The lowest BCUT2D eigenvalue weighted by Gasteiger charge is -2.25. The van der Waals surface area contributed by atoms with E-state index in [0.717, 1.165) is 71.6 Å². The fourth-order valence-corrected chi connectivity index (χ4v) is 5.34. The van der Waals surface area contributed by atoms with Crippen LogP contribution in [0, 0.1) is 5.82 Å². The molecule has 0 spiro atoms. The zero-order valence-corrected chi connectivity index (χ0v) is 18.9.